The molecule has 0 aromatic carbocycles. The molecular formula is C9H14N4O3. The predicted molar refractivity (Wildman–Crippen MR) is 54.5 cm³/mol. The zero-order valence-corrected chi connectivity index (χ0v) is 8.96. The van der Waals surface area contributed by atoms with Crippen molar-refractivity contribution < 1.29 is 14.7 Å². The Hall–Kier alpha value is -1.92. The fourth-order valence-electron chi connectivity index (χ4n) is 1.17. The summed E-state index contributed by atoms with van der Waals surface area (Å²) in [5, 5.41) is 18.4. The highest BCUT2D eigenvalue weighted by molar-refractivity contribution is 5.83. The highest BCUT2D eigenvalue weighted by Gasteiger charge is 2.16. The van der Waals surface area contributed by atoms with Crippen molar-refractivity contribution >= 4 is 11.9 Å². The molecule has 0 bridgehead atoms. The van der Waals surface area contributed by atoms with E-state index in [0.29, 0.717) is 13.0 Å². The lowest BCUT2D eigenvalue weighted by atomic mass is 10.2. The second-order valence-corrected chi connectivity index (χ2v) is 3.28. The van der Waals surface area contributed by atoms with Crippen molar-refractivity contribution in [3.05, 3.63) is 12.4 Å². The number of carboxylic acids is 1. The Morgan fingerprint density at radius 2 is 2.31 bits per heavy atom. The van der Waals surface area contributed by atoms with Crippen LogP contribution in [0.2, 0.25) is 0 Å². The molecule has 1 amide bonds. The number of aromatic nitrogens is 3. The van der Waals surface area contributed by atoms with Gasteiger partial charge in [0.2, 0.25) is 5.91 Å². The Labute approximate surface area is 92.4 Å². The summed E-state index contributed by atoms with van der Waals surface area (Å²) in [5.41, 5.74) is 0. The van der Waals surface area contributed by atoms with Gasteiger partial charge in [0.1, 0.15) is 6.04 Å². The summed E-state index contributed by atoms with van der Waals surface area (Å²) in [6, 6.07) is -0.816. The molecule has 88 valence electrons. The van der Waals surface area contributed by atoms with E-state index in [1.54, 1.807) is 13.1 Å². The highest BCUT2D eigenvalue weighted by Crippen LogP contribution is 1.94. The molecule has 1 aromatic heterocycles. The molecule has 7 nitrogen and oxygen atoms in total. The Kier molecular flexibility index (Phi) is 4.43. The summed E-state index contributed by atoms with van der Waals surface area (Å²) in [5.74, 6) is -1.32. The number of aliphatic carboxylic acids is 1. The van der Waals surface area contributed by atoms with Crippen molar-refractivity contribution in [2.45, 2.75) is 32.4 Å². The molecule has 0 spiro atoms. The minimum atomic E-state index is -1.02. The zero-order chi connectivity index (χ0) is 12.0. The van der Waals surface area contributed by atoms with Crippen LogP contribution in [0.1, 0.15) is 19.8 Å². The Bertz CT molecular complexity index is 350. The number of carboxylic acid groups (broad SMARTS) is 1. The molecule has 0 unspecified atom stereocenters. The van der Waals surface area contributed by atoms with Crippen LogP contribution in [0, 0.1) is 0 Å². The van der Waals surface area contributed by atoms with E-state index in [4.69, 9.17) is 5.11 Å². The van der Waals surface area contributed by atoms with Gasteiger partial charge in [0.25, 0.3) is 0 Å². The lowest BCUT2D eigenvalue weighted by molar-refractivity contribution is -0.141. The zero-order valence-electron chi connectivity index (χ0n) is 8.96. The number of hydrogen-bond acceptors (Lipinski definition) is 4. The summed E-state index contributed by atoms with van der Waals surface area (Å²) in [7, 11) is 0. The van der Waals surface area contributed by atoms with Gasteiger partial charge in [-0.3, -0.25) is 9.48 Å². The van der Waals surface area contributed by atoms with Crippen LogP contribution in [-0.2, 0) is 16.1 Å². The molecule has 16 heavy (non-hydrogen) atoms. The number of rotatable bonds is 6. The average molecular weight is 226 g/mol. The van der Waals surface area contributed by atoms with E-state index >= 15 is 0 Å². The van der Waals surface area contributed by atoms with E-state index in [1.165, 1.54) is 10.9 Å². The molecule has 2 N–H and O–H groups in total. The van der Waals surface area contributed by atoms with Gasteiger partial charge in [0.05, 0.1) is 12.7 Å². The van der Waals surface area contributed by atoms with Gasteiger partial charge in [-0.05, 0) is 6.42 Å². The number of nitrogens with zero attached hydrogens (tertiary/aromatic N) is 3. The van der Waals surface area contributed by atoms with Gasteiger partial charge in [-0.1, -0.05) is 12.1 Å². The summed E-state index contributed by atoms with van der Waals surface area (Å²) < 4.78 is 1.52. The summed E-state index contributed by atoms with van der Waals surface area (Å²) >= 11 is 0. The van der Waals surface area contributed by atoms with E-state index < -0.39 is 12.0 Å². The van der Waals surface area contributed by atoms with E-state index in [-0.39, 0.29) is 12.3 Å². The maximum Gasteiger partial charge on any atom is 0.326 e. The average Bonchev–Trinajstić information content (AvgIpc) is 2.75. The number of nitrogens with one attached hydrogen (secondary N) is 1. The third-order valence-corrected chi connectivity index (χ3v) is 2.08. The third kappa shape index (κ3) is 3.68. The minimum Gasteiger partial charge on any atom is -0.480 e. The molecule has 0 radical (unpaired) electrons. The van der Waals surface area contributed by atoms with Crippen LogP contribution >= 0.6 is 0 Å². The topological polar surface area (TPSA) is 97.1 Å². The van der Waals surface area contributed by atoms with E-state index in [2.05, 4.69) is 15.6 Å². The monoisotopic (exact) mass is 226 g/mol. The first kappa shape index (κ1) is 12.2. The van der Waals surface area contributed by atoms with Crippen molar-refractivity contribution in [1.82, 2.24) is 20.3 Å². The maximum absolute atomic E-state index is 11.4. The van der Waals surface area contributed by atoms with Gasteiger partial charge in [-0.25, -0.2) is 4.79 Å². The van der Waals surface area contributed by atoms with Crippen LogP contribution in [-0.4, -0.2) is 38.0 Å². The Balaban J connectivity index is 2.33. The highest BCUT2D eigenvalue weighted by atomic mass is 16.4. The standard InChI is InChI=1S/C9H14N4O3/c1-2-7(9(15)16)11-8(14)3-5-13-6-4-10-12-13/h4,6-7H,2-3,5H2,1H3,(H,11,14)(H,15,16)/t7-/m1/s1. The molecule has 0 aliphatic carbocycles. The molecule has 1 atom stereocenters. The number of carbonyl (C=O) groups excluding carboxylic acids is 1. The van der Waals surface area contributed by atoms with Crippen LogP contribution in [0.4, 0.5) is 0 Å². The summed E-state index contributed by atoms with van der Waals surface area (Å²) in [6.07, 6.45) is 3.71. The first-order chi connectivity index (χ1) is 7.63. The molecule has 0 saturated carbocycles. The van der Waals surface area contributed by atoms with Crippen LogP contribution in [0.25, 0.3) is 0 Å². The quantitative estimate of drug-likeness (QED) is 0.690. The van der Waals surface area contributed by atoms with E-state index in [9.17, 15) is 9.59 Å². The van der Waals surface area contributed by atoms with Crippen molar-refractivity contribution in [1.29, 1.82) is 0 Å². The smallest absolute Gasteiger partial charge is 0.326 e. The number of aryl methyl sites for hydroxylation is 1. The van der Waals surface area contributed by atoms with Gasteiger partial charge in [-0.2, -0.15) is 0 Å². The molecule has 1 rings (SSSR count). The van der Waals surface area contributed by atoms with Gasteiger partial charge in [0.15, 0.2) is 0 Å². The van der Waals surface area contributed by atoms with Crippen molar-refractivity contribution in [2.75, 3.05) is 0 Å². The van der Waals surface area contributed by atoms with Gasteiger partial charge in [0, 0.05) is 12.6 Å². The minimum absolute atomic E-state index is 0.188. The van der Waals surface area contributed by atoms with Gasteiger partial charge in [-0.15, -0.1) is 5.10 Å². The predicted octanol–water partition coefficient (Wildman–Crippen LogP) is -0.352. The van der Waals surface area contributed by atoms with Gasteiger partial charge >= 0.3 is 5.97 Å². The lowest BCUT2D eigenvalue weighted by Gasteiger charge is -2.11. The van der Waals surface area contributed by atoms with E-state index in [1.807, 2.05) is 0 Å². The van der Waals surface area contributed by atoms with Crippen molar-refractivity contribution in [3.8, 4) is 0 Å². The fourth-order valence-corrected chi connectivity index (χ4v) is 1.17. The molecule has 1 heterocycles. The molecule has 0 aliphatic rings. The number of carbonyl (C=O) groups is 2. The number of amides is 1. The molecule has 0 fully saturated rings. The third-order valence-electron chi connectivity index (χ3n) is 2.08. The lowest BCUT2D eigenvalue weighted by Crippen LogP contribution is -2.40. The summed E-state index contributed by atoms with van der Waals surface area (Å²) in [4.78, 5) is 22.0. The van der Waals surface area contributed by atoms with Crippen molar-refractivity contribution in [2.24, 2.45) is 0 Å². The van der Waals surface area contributed by atoms with Crippen LogP contribution < -0.4 is 5.32 Å². The van der Waals surface area contributed by atoms with Crippen molar-refractivity contribution in [3.63, 3.8) is 0 Å². The Morgan fingerprint density at radius 1 is 1.56 bits per heavy atom. The second kappa shape index (κ2) is 5.84. The van der Waals surface area contributed by atoms with E-state index in [0.717, 1.165) is 0 Å². The molecule has 7 heteroatoms. The molecule has 0 saturated heterocycles. The van der Waals surface area contributed by atoms with Crippen LogP contribution in [0.3, 0.4) is 0 Å². The summed E-state index contributed by atoms with van der Waals surface area (Å²) in [6.45, 7) is 2.10. The number of hydrogen-bond donors (Lipinski definition) is 2. The largest absolute Gasteiger partial charge is 0.480 e. The molecule has 0 aliphatic heterocycles. The van der Waals surface area contributed by atoms with Crippen LogP contribution in [0.15, 0.2) is 12.4 Å². The molecule has 1 aromatic rings. The maximum atomic E-state index is 11.4. The second-order valence-electron chi connectivity index (χ2n) is 3.28. The first-order valence-corrected chi connectivity index (χ1v) is 4.99. The first-order valence-electron chi connectivity index (χ1n) is 4.99. The molecular weight excluding hydrogens is 212 g/mol. The van der Waals surface area contributed by atoms with Gasteiger partial charge < -0.3 is 10.4 Å². The normalized spacial score (nSPS) is 12.1. The van der Waals surface area contributed by atoms with Crippen LogP contribution in [0.5, 0.6) is 0 Å². The fraction of sp³-hybridized carbons (Fsp3) is 0.556. The Morgan fingerprint density at radius 3 is 2.81 bits per heavy atom. The SMILES string of the molecule is CC[C@@H](NC(=O)CCn1ccnn1)C(=O)O.